The molecule has 2 heterocycles. The number of phenolic OH excluding ortho intramolecular Hbond substituents is 1. The topological polar surface area (TPSA) is 35.5 Å². The molecule has 3 rings (SSSR count). The number of hydrogen-bond acceptors (Lipinski definition) is 4. The number of hydrogen-bond donors (Lipinski definition) is 2. The van der Waals surface area contributed by atoms with Gasteiger partial charge in [-0.2, -0.15) is 0 Å². The third-order valence-corrected chi connectivity index (χ3v) is 5.71. The van der Waals surface area contributed by atoms with E-state index in [9.17, 15) is 5.11 Å². The van der Waals surface area contributed by atoms with Crippen molar-refractivity contribution in [1.82, 2.24) is 10.2 Å². The van der Waals surface area contributed by atoms with E-state index in [0.717, 1.165) is 40.7 Å². The van der Waals surface area contributed by atoms with Crippen molar-refractivity contribution in [3.8, 4) is 5.75 Å². The maximum Gasteiger partial charge on any atom is 0.122 e. The number of piperazine rings is 1. The molecule has 0 unspecified atom stereocenters. The van der Waals surface area contributed by atoms with Crippen LogP contribution in [-0.4, -0.2) is 36.2 Å². The van der Waals surface area contributed by atoms with Crippen LogP contribution in [0, 0.1) is 0 Å². The van der Waals surface area contributed by atoms with Gasteiger partial charge in [0.2, 0.25) is 0 Å². The normalized spacial score (nSPS) is 17.8. The quantitative estimate of drug-likeness (QED) is 0.771. The standard InChI is InChI=1S/C15H16Br2N2OS/c16-10-8-11(17)14(12(20)9-10)15(13-2-1-7-21-13)19-5-3-18-4-6-19/h1-2,7-9,15,18,20H,3-6H2/t15-/m1/s1. The molecule has 1 aromatic carbocycles. The Hall–Kier alpha value is -0.400. The third-order valence-electron chi connectivity index (χ3n) is 3.68. The minimum absolute atomic E-state index is 0.0922. The molecule has 0 radical (unpaired) electrons. The highest BCUT2D eigenvalue weighted by Gasteiger charge is 2.28. The van der Waals surface area contributed by atoms with E-state index < -0.39 is 0 Å². The van der Waals surface area contributed by atoms with Gasteiger partial charge in [-0.25, -0.2) is 0 Å². The number of halogens is 2. The van der Waals surface area contributed by atoms with E-state index in [4.69, 9.17) is 0 Å². The van der Waals surface area contributed by atoms with Crippen LogP contribution in [0.4, 0.5) is 0 Å². The molecular formula is C15H16Br2N2OS. The zero-order valence-electron chi connectivity index (χ0n) is 11.4. The second kappa shape index (κ2) is 6.79. The van der Waals surface area contributed by atoms with E-state index >= 15 is 0 Å². The van der Waals surface area contributed by atoms with Crippen LogP contribution < -0.4 is 5.32 Å². The number of thiophene rings is 1. The Morgan fingerprint density at radius 2 is 2.00 bits per heavy atom. The summed E-state index contributed by atoms with van der Waals surface area (Å²) in [5.41, 5.74) is 0.947. The second-order valence-electron chi connectivity index (χ2n) is 5.02. The van der Waals surface area contributed by atoms with Gasteiger partial charge < -0.3 is 10.4 Å². The monoisotopic (exact) mass is 430 g/mol. The van der Waals surface area contributed by atoms with E-state index in [-0.39, 0.29) is 6.04 Å². The third kappa shape index (κ3) is 3.35. The predicted octanol–water partition coefficient (Wildman–Crippen LogP) is 3.97. The summed E-state index contributed by atoms with van der Waals surface area (Å²) in [4.78, 5) is 3.69. The molecule has 3 nitrogen and oxygen atoms in total. The van der Waals surface area contributed by atoms with E-state index in [0.29, 0.717) is 5.75 Å². The summed E-state index contributed by atoms with van der Waals surface area (Å²) in [6.07, 6.45) is 0. The Morgan fingerprint density at radius 1 is 1.24 bits per heavy atom. The predicted molar refractivity (Wildman–Crippen MR) is 94.1 cm³/mol. The zero-order valence-corrected chi connectivity index (χ0v) is 15.3. The molecule has 2 aromatic rings. The lowest BCUT2D eigenvalue weighted by atomic mass is 10.0. The summed E-state index contributed by atoms with van der Waals surface area (Å²) in [6.45, 7) is 3.92. The van der Waals surface area contributed by atoms with Crippen LogP contribution in [0.1, 0.15) is 16.5 Å². The van der Waals surface area contributed by atoms with Crippen molar-refractivity contribution in [2.24, 2.45) is 0 Å². The van der Waals surface area contributed by atoms with E-state index in [1.54, 1.807) is 17.4 Å². The zero-order chi connectivity index (χ0) is 14.8. The molecule has 0 amide bonds. The second-order valence-corrected chi connectivity index (χ2v) is 7.77. The minimum Gasteiger partial charge on any atom is -0.508 e. The van der Waals surface area contributed by atoms with Crippen LogP contribution in [0.15, 0.2) is 38.6 Å². The molecule has 0 spiro atoms. The first-order valence-electron chi connectivity index (χ1n) is 6.83. The van der Waals surface area contributed by atoms with Crippen molar-refractivity contribution >= 4 is 43.2 Å². The molecule has 6 heteroatoms. The summed E-state index contributed by atoms with van der Waals surface area (Å²) in [5.74, 6) is 0.327. The van der Waals surface area contributed by atoms with Gasteiger partial charge in [-0.1, -0.05) is 37.9 Å². The van der Waals surface area contributed by atoms with Crippen molar-refractivity contribution in [3.63, 3.8) is 0 Å². The fraction of sp³-hybridized carbons (Fsp3) is 0.333. The Kier molecular flexibility index (Phi) is 5.01. The van der Waals surface area contributed by atoms with Crippen molar-refractivity contribution in [2.45, 2.75) is 6.04 Å². The van der Waals surface area contributed by atoms with Gasteiger partial charge in [-0.3, -0.25) is 4.90 Å². The van der Waals surface area contributed by atoms with Crippen LogP contribution in [0.5, 0.6) is 5.75 Å². The smallest absolute Gasteiger partial charge is 0.122 e. The van der Waals surface area contributed by atoms with E-state index in [1.807, 2.05) is 6.07 Å². The summed E-state index contributed by atoms with van der Waals surface area (Å²) < 4.78 is 1.81. The van der Waals surface area contributed by atoms with Crippen molar-refractivity contribution in [3.05, 3.63) is 49.0 Å². The van der Waals surface area contributed by atoms with Crippen molar-refractivity contribution in [2.75, 3.05) is 26.2 Å². The van der Waals surface area contributed by atoms with Crippen molar-refractivity contribution in [1.29, 1.82) is 0 Å². The molecule has 1 aliphatic rings. The molecule has 1 aromatic heterocycles. The van der Waals surface area contributed by atoms with Gasteiger partial charge in [0.05, 0.1) is 6.04 Å². The molecule has 0 saturated carbocycles. The van der Waals surface area contributed by atoms with Crippen LogP contribution in [0.2, 0.25) is 0 Å². The molecule has 0 bridgehead atoms. The summed E-state index contributed by atoms with van der Waals surface area (Å²) in [5, 5.41) is 16.0. The highest BCUT2D eigenvalue weighted by molar-refractivity contribution is 9.11. The molecule has 0 aliphatic carbocycles. The van der Waals surface area contributed by atoms with Gasteiger partial charge in [0.25, 0.3) is 0 Å². The molecular weight excluding hydrogens is 416 g/mol. The fourth-order valence-electron chi connectivity index (χ4n) is 2.73. The summed E-state index contributed by atoms with van der Waals surface area (Å²) in [7, 11) is 0. The molecule has 1 fully saturated rings. The average molecular weight is 432 g/mol. The maximum absolute atomic E-state index is 10.5. The lowest BCUT2D eigenvalue weighted by Crippen LogP contribution is -2.45. The number of nitrogens with zero attached hydrogens (tertiary/aromatic N) is 1. The first-order chi connectivity index (χ1) is 10.2. The molecule has 1 aliphatic heterocycles. The van der Waals surface area contributed by atoms with Crippen LogP contribution >= 0.6 is 43.2 Å². The number of benzene rings is 1. The van der Waals surface area contributed by atoms with Gasteiger partial charge in [-0.15, -0.1) is 11.3 Å². The van der Waals surface area contributed by atoms with Crippen LogP contribution in [0.3, 0.4) is 0 Å². The molecule has 1 saturated heterocycles. The van der Waals surface area contributed by atoms with Crippen LogP contribution in [-0.2, 0) is 0 Å². The minimum atomic E-state index is 0.0922. The Morgan fingerprint density at radius 3 is 2.62 bits per heavy atom. The number of nitrogens with one attached hydrogen (secondary N) is 1. The van der Waals surface area contributed by atoms with Gasteiger partial charge in [-0.05, 0) is 23.6 Å². The Labute approximate surface area is 145 Å². The Balaban J connectivity index is 2.07. The molecule has 112 valence electrons. The number of rotatable bonds is 3. The van der Waals surface area contributed by atoms with Gasteiger partial charge in [0.15, 0.2) is 0 Å². The van der Waals surface area contributed by atoms with Crippen LogP contribution in [0.25, 0.3) is 0 Å². The largest absolute Gasteiger partial charge is 0.508 e. The highest BCUT2D eigenvalue weighted by Crippen LogP contribution is 2.42. The Bertz CT molecular complexity index is 589. The van der Waals surface area contributed by atoms with E-state index in [1.165, 1.54) is 4.88 Å². The van der Waals surface area contributed by atoms with Gasteiger partial charge in [0.1, 0.15) is 5.75 Å². The van der Waals surface area contributed by atoms with Gasteiger partial charge >= 0.3 is 0 Å². The highest BCUT2D eigenvalue weighted by atomic mass is 79.9. The molecule has 2 N–H and O–H groups in total. The lowest BCUT2D eigenvalue weighted by Gasteiger charge is -2.35. The fourth-order valence-corrected chi connectivity index (χ4v) is 5.02. The maximum atomic E-state index is 10.5. The summed E-state index contributed by atoms with van der Waals surface area (Å²) in [6, 6.07) is 8.07. The molecule has 1 atom stereocenters. The van der Waals surface area contributed by atoms with Gasteiger partial charge in [0, 0.05) is 45.6 Å². The average Bonchev–Trinajstić information content (AvgIpc) is 2.97. The lowest BCUT2D eigenvalue weighted by molar-refractivity contribution is 0.197. The first kappa shape index (κ1) is 15.5. The number of aromatic hydroxyl groups is 1. The molecule has 21 heavy (non-hydrogen) atoms. The number of phenols is 1. The van der Waals surface area contributed by atoms with Crippen molar-refractivity contribution < 1.29 is 5.11 Å². The van der Waals surface area contributed by atoms with E-state index in [2.05, 4.69) is 59.6 Å². The first-order valence-corrected chi connectivity index (χ1v) is 9.29. The summed E-state index contributed by atoms with van der Waals surface area (Å²) >= 11 is 8.79. The SMILES string of the molecule is Oc1cc(Br)cc(Br)c1[C@@H](c1cccs1)N1CCNCC1.